The number of aromatic nitrogens is 1. The van der Waals surface area contributed by atoms with Gasteiger partial charge in [-0.15, -0.1) is 11.3 Å². The van der Waals surface area contributed by atoms with Gasteiger partial charge in [-0.05, 0) is 25.3 Å². The van der Waals surface area contributed by atoms with Gasteiger partial charge in [0.25, 0.3) is 0 Å². The van der Waals surface area contributed by atoms with Crippen molar-refractivity contribution in [3.8, 4) is 0 Å². The Labute approximate surface area is 114 Å². The normalized spacial score (nSPS) is 23.4. The van der Waals surface area contributed by atoms with Gasteiger partial charge in [-0.2, -0.15) is 0 Å². The molecular weight excluding hydrogens is 242 g/mol. The Hall–Kier alpha value is -0.450. The molecule has 102 valence electrons. The molecule has 0 spiro atoms. The van der Waals surface area contributed by atoms with Crippen molar-refractivity contribution in [2.24, 2.45) is 11.7 Å². The molecule has 0 aliphatic carbocycles. The standard InChI is InChI=1S/C14H25N3S/c1-11(2)10-17-7-4-3-5-13(17)12(9-15)14-16-6-8-18-14/h6,8,11-13H,3-5,7,9-10,15H2,1-2H3. The zero-order chi connectivity index (χ0) is 13.0. The predicted octanol–water partition coefficient (Wildman–Crippen LogP) is 2.70. The van der Waals surface area contributed by atoms with Crippen molar-refractivity contribution in [2.45, 2.75) is 45.1 Å². The summed E-state index contributed by atoms with van der Waals surface area (Å²) in [5.41, 5.74) is 6.03. The summed E-state index contributed by atoms with van der Waals surface area (Å²) >= 11 is 1.75. The lowest BCUT2D eigenvalue weighted by Crippen LogP contribution is -2.46. The number of hydrogen-bond donors (Lipinski definition) is 1. The summed E-state index contributed by atoms with van der Waals surface area (Å²) in [5.74, 6) is 1.14. The van der Waals surface area contributed by atoms with Crippen LogP contribution in [0.3, 0.4) is 0 Å². The van der Waals surface area contributed by atoms with Crippen molar-refractivity contribution in [3.05, 3.63) is 16.6 Å². The zero-order valence-electron chi connectivity index (χ0n) is 11.5. The number of likely N-dealkylation sites (tertiary alicyclic amines) is 1. The Morgan fingerprint density at radius 2 is 2.33 bits per heavy atom. The molecule has 2 rings (SSSR count). The van der Waals surface area contributed by atoms with Gasteiger partial charge in [0.15, 0.2) is 0 Å². The molecule has 0 radical (unpaired) electrons. The highest BCUT2D eigenvalue weighted by Crippen LogP contribution is 2.31. The number of hydrogen-bond acceptors (Lipinski definition) is 4. The molecule has 3 nitrogen and oxygen atoms in total. The maximum atomic E-state index is 6.03. The van der Waals surface area contributed by atoms with Crippen LogP contribution >= 0.6 is 11.3 Å². The van der Waals surface area contributed by atoms with E-state index in [1.165, 1.54) is 37.4 Å². The van der Waals surface area contributed by atoms with Crippen LogP contribution in [-0.4, -0.2) is 35.6 Å². The SMILES string of the molecule is CC(C)CN1CCCCC1C(CN)c1nccs1. The molecule has 0 saturated carbocycles. The Balaban J connectivity index is 2.11. The van der Waals surface area contributed by atoms with E-state index in [4.69, 9.17) is 5.73 Å². The highest BCUT2D eigenvalue weighted by Gasteiger charge is 2.31. The monoisotopic (exact) mass is 267 g/mol. The van der Waals surface area contributed by atoms with Crippen molar-refractivity contribution in [1.82, 2.24) is 9.88 Å². The van der Waals surface area contributed by atoms with Crippen LogP contribution in [0.15, 0.2) is 11.6 Å². The van der Waals surface area contributed by atoms with Gasteiger partial charge in [0.05, 0.1) is 5.01 Å². The minimum absolute atomic E-state index is 0.420. The Kier molecular flexibility index (Phi) is 5.15. The van der Waals surface area contributed by atoms with Crippen molar-refractivity contribution in [3.63, 3.8) is 0 Å². The van der Waals surface area contributed by atoms with Crippen LogP contribution in [0.2, 0.25) is 0 Å². The van der Waals surface area contributed by atoms with Gasteiger partial charge in [-0.1, -0.05) is 20.3 Å². The average molecular weight is 267 g/mol. The smallest absolute Gasteiger partial charge is 0.0984 e. The quantitative estimate of drug-likeness (QED) is 0.892. The summed E-state index contributed by atoms with van der Waals surface area (Å²) in [7, 11) is 0. The first-order chi connectivity index (χ1) is 8.72. The lowest BCUT2D eigenvalue weighted by atomic mass is 9.90. The predicted molar refractivity (Wildman–Crippen MR) is 78.0 cm³/mol. The van der Waals surface area contributed by atoms with Gasteiger partial charge in [0.2, 0.25) is 0 Å². The minimum Gasteiger partial charge on any atom is -0.330 e. The fourth-order valence-corrected chi connectivity index (χ4v) is 3.82. The van der Waals surface area contributed by atoms with Gasteiger partial charge < -0.3 is 5.73 Å². The summed E-state index contributed by atoms with van der Waals surface area (Å²) in [4.78, 5) is 7.13. The van der Waals surface area contributed by atoms with Gasteiger partial charge in [-0.25, -0.2) is 4.98 Å². The lowest BCUT2D eigenvalue weighted by Gasteiger charge is -2.40. The molecule has 0 bridgehead atoms. The van der Waals surface area contributed by atoms with Crippen LogP contribution in [0.25, 0.3) is 0 Å². The van der Waals surface area contributed by atoms with Gasteiger partial charge in [-0.3, -0.25) is 4.90 Å². The number of nitrogens with two attached hydrogens (primary N) is 1. The highest BCUT2D eigenvalue weighted by molar-refractivity contribution is 7.09. The van der Waals surface area contributed by atoms with Crippen molar-refractivity contribution in [2.75, 3.05) is 19.6 Å². The van der Waals surface area contributed by atoms with Crippen LogP contribution in [0.4, 0.5) is 0 Å². The van der Waals surface area contributed by atoms with Crippen LogP contribution in [0, 0.1) is 5.92 Å². The molecule has 4 heteroatoms. The second kappa shape index (κ2) is 6.64. The third-order valence-electron chi connectivity index (χ3n) is 3.75. The van der Waals surface area contributed by atoms with E-state index in [0.29, 0.717) is 18.5 Å². The zero-order valence-corrected chi connectivity index (χ0v) is 12.3. The second-order valence-corrected chi connectivity index (χ2v) is 6.59. The van der Waals surface area contributed by atoms with E-state index in [1.807, 2.05) is 6.20 Å². The van der Waals surface area contributed by atoms with Crippen LogP contribution in [0.1, 0.15) is 44.0 Å². The molecule has 0 amide bonds. The first kappa shape index (κ1) is 14.0. The molecule has 2 unspecified atom stereocenters. The molecule has 1 aliphatic rings. The maximum absolute atomic E-state index is 6.03. The first-order valence-electron chi connectivity index (χ1n) is 7.06. The van der Waals surface area contributed by atoms with E-state index in [2.05, 4.69) is 29.1 Å². The Morgan fingerprint density at radius 1 is 1.50 bits per heavy atom. The van der Waals surface area contributed by atoms with E-state index in [0.717, 1.165) is 5.92 Å². The molecule has 1 aromatic heterocycles. The molecule has 1 saturated heterocycles. The first-order valence-corrected chi connectivity index (χ1v) is 7.93. The summed E-state index contributed by atoms with van der Waals surface area (Å²) in [6.45, 7) is 7.73. The second-order valence-electron chi connectivity index (χ2n) is 5.66. The molecule has 2 heterocycles. The summed E-state index contributed by atoms with van der Waals surface area (Å²) < 4.78 is 0. The summed E-state index contributed by atoms with van der Waals surface area (Å²) in [6.07, 6.45) is 5.84. The maximum Gasteiger partial charge on any atom is 0.0984 e. The van der Waals surface area contributed by atoms with Crippen molar-refractivity contribution in [1.29, 1.82) is 0 Å². The van der Waals surface area contributed by atoms with E-state index in [1.54, 1.807) is 11.3 Å². The van der Waals surface area contributed by atoms with E-state index >= 15 is 0 Å². The molecule has 2 atom stereocenters. The Morgan fingerprint density at radius 3 is 2.94 bits per heavy atom. The molecule has 1 aromatic rings. The third-order valence-corrected chi connectivity index (χ3v) is 4.66. The molecule has 1 fully saturated rings. The van der Waals surface area contributed by atoms with Gasteiger partial charge in [0.1, 0.15) is 0 Å². The van der Waals surface area contributed by atoms with E-state index in [9.17, 15) is 0 Å². The topological polar surface area (TPSA) is 42.1 Å². The van der Waals surface area contributed by atoms with Crippen molar-refractivity contribution < 1.29 is 0 Å². The molecule has 18 heavy (non-hydrogen) atoms. The van der Waals surface area contributed by atoms with Gasteiger partial charge in [0, 0.05) is 36.6 Å². The van der Waals surface area contributed by atoms with Crippen LogP contribution < -0.4 is 5.73 Å². The Bertz CT molecular complexity index is 337. The van der Waals surface area contributed by atoms with Crippen LogP contribution in [0.5, 0.6) is 0 Å². The lowest BCUT2D eigenvalue weighted by molar-refractivity contribution is 0.112. The largest absolute Gasteiger partial charge is 0.330 e. The molecule has 2 N–H and O–H groups in total. The number of thiazole rings is 1. The summed E-state index contributed by atoms with van der Waals surface area (Å²) in [5, 5.41) is 3.28. The van der Waals surface area contributed by atoms with Crippen LogP contribution in [-0.2, 0) is 0 Å². The fourth-order valence-electron chi connectivity index (χ4n) is 3.01. The molecule has 1 aliphatic heterocycles. The molecule has 0 aromatic carbocycles. The fraction of sp³-hybridized carbons (Fsp3) is 0.786. The van der Waals surface area contributed by atoms with E-state index < -0.39 is 0 Å². The molecular formula is C14H25N3S. The summed E-state index contributed by atoms with van der Waals surface area (Å²) in [6, 6.07) is 0.595. The number of piperidine rings is 1. The van der Waals surface area contributed by atoms with Crippen molar-refractivity contribution >= 4 is 11.3 Å². The average Bonchev–Trinajstić information content (AvgIpc) is 2.85. The third kappa shape index (κ3) is 3.31. The van der Waals surface area contributed by atoms with E-state index in [-0.39, 0.29) is 0 Å². The number of nitrogens with zero attached hydrogens (tertiary/aromatic N) is 2. The number of rotatable bonds is 5. The van der Waals surface area contributed by atoms with Gasteiger partial charge >= 0.3 is 0 Å². The minimum atomic E-state index is 0.420. The highest BCUT2D eigenvalue weighted by atomic mass is 32.1.